The van der Waals surface area contributed by atoms with Gasteiger partial charge >= 0.3 is 5.97 Å². The summed E-state index contributed by atoms with van der Waals surface area (Å²) in [6.07, 6.45) is -0.664. The van der Waals surface area contributed by atoms with Crippen molar-refractivity contribution in [3.63, 3.8) is 0 Å². The quantitative estimate of drug-likeness (QED) is 0.471. The number of carbonyl (C=O) groups excluding carboxylic acids is 1. The molecule has 0 radical (unpaired) electrons. The Kier molecular flexibility index (Phi) is 2.48. The first-order valence-electron chi connectivity index (χ1n) is 3.35. The molecule has 0 amide bonds. The summed E-state index contributed by atoms with van der Waals surface area (Å²) in [5, 5.41) is 7.93. The highest BCUT2D eigenvalue weighted by Gasteiger charge is 2.06. The number of carbonyl (C=O) groups is 1. The highest BCUT2D eigenvalue weighted by Crippen LogP contribution is 1.88. The van der Waals surface area contributed by atoms with E-state index in [1.54, 1.807) is 0 Å². The zero-order chi connectivity index (χ0) is 8.69. The van der Waals surface area contributed by atoms with Crippen molar-refractivity contribution in [3.05, 3.63) is 0 Å². The topological polar surface area (TPSA) is 66.8 Å². The molecule has 0 unspecified atom stereocenters. The summed E-state index contributed by atoms with van der Waals surface area (Å²) >= 11 is 0. The molecule has 0 saturated carbocycles. The van der Waals surface area contributed by atoms with Crippen molar-refractivity contribution in [2.24, 2.45) is 0 Å². The molecule has 0 spiro atoms. The summed E-state index contributed by atoms with van der Waals surface area (Å²) in [6.45, 7) is 1.07. The molecule has 0 aromatic carbocycles. The van der Waals surface area contributed by atoms with Crippen molar-refractivity contribution >= 4 is 5.97 Å². The van der Waals surface area contributed by atoms with Gasteiger partial charge in [0, 0.05) is 6.92 Å². The molecule has 2 N–H and O–H groups in total. The van der Waals surface area contributed by atoms with Gasteiger partial charge in [0.05, 0.1) is 13.2 Å². The molecular weight excluding hydrogens is 124 g/mol. The molecule has 0 heterocycles. The Morgan fingerprint density at radius 1 is 1.78 bits per heavy atom. The summed E-state index contributed by atoms with van der Waals surface area (Å²) in [5.74, 6) is -0.482. The van der Waals surface area contributed by atoms with Crippen LogP contribution >= 0.6 is 0 Å². The van der Waals surface area contributed by atoms with Crippen LogP contribution in [0, 0.1) is 0 Å². The minimum Gasteiger partial charge on any atom is -0.458 e. The molecule has 0 aliphatic heterocycles. The van der Waals surface area contributed by atoms with Crippen molar-refractivity contribution in [2.45, 2.75) is 13.0 Å². The van der Waals surface area contributed by atoms with E-state index in [1.807, 2.05) is 0 Å². The van der Waals surface area contributed by atoms with E-state index in [1.165, 1.54) is 6.92 Å². The molecule has 4 heteroatoms. The Hall–Kier alpha value is -0.610. The molecule has 0 bridgehead atoms. The highest BCUT2D eigenvalue weighted by molar-refractivity contribution is 5.66. The lowest BCUT2D eigenvalue weighted by Crippen LogP contribution is -2.24. The smallest absolute Gasteiger partial charge is 0.303 e. The number of hydrogen-bond acceptors (Lipinski definition) is 4. The molecule has 4 nitrogen and oxygen atoms in total. The fourth-order valence-corrected chi connectivity index (χ4v) is 0.351. The third-order valence-corrected chi connectivity index (χ3v) is 0.704. The molecule has 0 aromatic rings. The Balaban J connectivity index is 3.59. The number of esters is 1. The van der Waals surface area contributed by atoms with E-state index in [9.17, 15) is 4.79 Å². The van der Waals surface area contributed by atoms with E-state index in [0.717, 1.165) is 0 Å². The van der Waals surface area contributed by atoms with Crippen molar-refractivity contribution in [1.82, 2.24) is 0 Å². The SMILES string of the molecule is [2H]OCC(CO[2H])OC(C)=O. The minimum absolute atomic E-state index is 0.0849. The van der Waals surface area contributed by atoms with E-state index in [4.69, 9.17) is 2.86 Å². The number of aliphatic hydroxyl groups excluding tert-OH is 2. The van der Waals surface area contributed by atoms with Crippen LogP contribution in [0.5, 0.6) is 0 Å². The monoisotopic (exact) mass is 136 g/mol. The van der Waals surface area contributed by atoms with Crippen LogP contribution in [-0.2, 0) is 9.53 Å². The van der Waals surface area contributed by atoms with Gasteiger partial charge in [0.1, 0.15) is 6.10 Å². The van der Waals surface area contributed by atoms with Crippen LogP contribution in [0.1, 0.15) is 6.92 Å². The number of aliphatic hydroxyl groups is 2. The Bertz CT molecular complexity index is 113. The van der Waals surface area contributed by atoms with Gasteiger partial charge < -0.3 is 15.0 Å². The highest BCUT2D eigenvalue weighted by atomic mass is 16.6. The van der Waals surface area contributed by atoms with E-state index in [0.29, 0.717) is 0 Å². The lowest BCUT2D eigenvalue weighted by atomic mass is 10.4. The van der Waals surface area contributed by atoms with Gasteiger partial charge in [-0.1, -0.05) is 0 Å². The molecule has 0 atom stereocenters. The normalized spacial score (nSPS) is 12.7. The predicted molar refractivity (Wildman–Crippen MR) is 29.7 cm³/mol. The lowest BCUT2D eigenvalue weighted by Gasteiger charge is -2.09. The number of rotatable bonds is 5. The van der Waals surface area contributed by atoms with Gasteiger partial charge in [-0.15, -0.1) is 0 Å². The molecular formula is C5H10O4. The molecule has 0 aliphatic rings. The standard InChI is InChI=1S/C5H10O4/c1-4(8)9-5(2-6)3-7/h5-7H,2-3H2,1H3/i6D,7D. The third kappa shape index (κ3) is 3.93. The molecule has 54 valence electrons. The lowest BCUT2D eigenvalue weighted by molar-refractivity contribution is -0.150. The second kappa shape index (κ2) is 4.29. The van der Waals surface area contributed by atoms with E-state index < -0.39 is 12.1 Å². The number of ether oxygens (including phenoxy) is 1. The van der Waals surface area contributed by atoms with E-state index in [-0.39, 0.29) is 13.2 Å². The molecule has 0 fully saturated rings. The van der Waals surface area contributed by atoms with Gasteiger partial charge in [0.15, 0.2) is 0 Å². The van der Waals surface area contributed by atoms with Crippen LogP contribution in [0.4, 0.5) is 0 Å². The van der Waals surface area contributed by atoms with Crippen LogP contribution in [0.3, 0.4) is 0 Å². The Morgan fingerprint density at radius 2 is 2.33 bits per heavy atom. The van der Waals surface area contributed by atoms with Gasteiger partial charge in [-0.2, -0.15) is 0 Å². The first-order valence-corrected chi connectivity index (χ1v) is 2.54. The minimum atomic E-state index is -0.664. The predicted octanol–water partition coefficient (Wildman–Crippen LogP) is -1.10. The van der Waals surface area contributed by atoms with Gasteiger partial charge in [0.2, 0.25) is 2.86 Å². The van der Waals surface area contributed by atoms with Crippen LogP contribution in [0.25, 0.3) is 0 Å². The fraction of sp³-hybridized carbons (Fsp3) is 0.800. The third-order valence-electron chi connectivity index (χ3n) is 0.704. The summed E-state index contributed by atoms with van der Waals surface area (Å²) in [6, 6.07) is 0. The van der Waals surface area contributed by atoms with E-state index in [2.05, 4.69) is 15.0 Å². The summed E-state index contributed by atoms with van der Waals surface area (Å²) < 4.78 is 17.3. The molecule has 9 heavy (non-hydrogen) atoms. The van der Waals surface area contributed by atoms with Gasteiger partial charge in [0.25, 0.3) is 0 Å². The zero-order valence-electron chi connectivity index (χ0n) is 7.12. The second-order valence-corrected chi connectivity index (χ2v) is 1.56. The van der Waals surface area contributed by atoms with Crippen molar-refractivity contribution < 1.29 is 19.7 Å². The average molecular weight is 136 g/mol. The molecule has 0 rings (SSSR count). The summed E-state index contributed by atoms with van der Waals surface area (Å²) in [4.78, 5) is 10.3. The largest absolute Gasteiger partial charge is 0.458 e. The Morgan fingerprint density at radius 3 is 2.67 bits per heavy atom. The molecule has 0 saturated heterocycles. The van der Waals surface area contributed by atoms with Crippen LogP contribution in [0.2, 0.25) is 0 Å². The van der Waals surface area contributed by atoms with Crippen molar-refractivity contribution in [2.75, 3.05) is 13.2 Å². The summed E-state index contributed by atoms with van der Waals surface area (Å²) in [7, 11) is 0. The van der Waals surface area contributed by atoms with Gasteiger partial charge in [-0.3, -0.25) is 4.79 Å². The summed E-state index contributed by atoms with van der Waals surface area (Å²) in [5.41, 5.74) is 0. The maximum absolute atomic E-state index is 10.3. The second-order valence-electron chi connectivity index (χ2n) is 1.56. The van der Waals surface area contributed by atoms with Gasteiger partial charge in [-0.25, -0.2) is 0 Å². The maximum atomic E-state index is 10.3. The number of hydrogen-bond donors (Lipinski definition) is 2. The van der Waals surface area contributed by atoms with Crippen LogP contribution < -0.4 is 0 Å². The van der Waals surface area contributed by atoms with Gasteiger partial charge in [-0.05, 0) is 0 Å². The zero-order valence-corrected chi connectivity index (χ0v) is 5.12. The average Bonchev–Trinajstić information content (AvgIpc) is 1.87. The molecule has 0 aliphatic carbocycles. The first kappa shape index (κ1) is 5.20. The van der Waals surface area contributed by atoms with Crippen molar-refractivity contribution in [1.29, 1.82) is 2.86 Å². The molecule has 0 aromatic heterocycles. The fourth-order valence-electron chi connectivity index (χ4n) is 0.351. The van der Waals surface area contributed by atoms with Crippen LogP contribution in [-0.4, -0.2) is 38.4 Å². The van der Waals surface area contributed by atoms with Crippen LogP contribution in [0.15, 0.2) is 0 Å². The first-order chi connectivity index (χ1) is 5.20. The Labute approximate surface area is 56.0 Å². The van der Waals surface area contributed by atoms with E-state index >= 15 is 0 Å². The van der Waals surface area contributed by atoms with Crippen molar-refractivity contribution in [3.8, 4) is 0 Å². The maximum Gasteiger partial charge on any atom is 0.303 e.